The van der Waals surface area contributed by atoms with Crippen LogP contribution in [0, 0.1) is 12.7 Å². The first kappa shape index (κ1) is 15.2. The maximum atomic E-state index is 13.4. The number of rotatable bonds is 4. The molecule has 0 saturated heterocycles. The van der Waals surface area contributed by atoms with E-state index in [0.717, 1.165) is 16.8 Å². The Kier molecular flexibility index (Phi) is 4.74. The normalized spacial score (nSPS) is 11.5. The van der Waals surface area contributed by atoms with Crippen LogP contribution in [0.3, 0.4) is 0 Å². The third-order valence-electron chi connectivity index (χ3n) is 2.98. The second kappa shape index (κ2) is 6.53. The fourth-order valence-corrected chi connectivity index (χ4v) is 2.23. The minimum absolute atomic E-state index is 0.0515. The van der Waals surface area contributed by atoms with Gasteiger partial charge in [0.15, 0.2) is 5.84 Å². The molecule has 1 aromatic heterocycles. The molecule has 0 aliphatic rings. The summed E-state index contributed by atoms with van der Waals surface area (Å²) in [5.41, 5.74) is 8.34. The number of amidine groups is 1. The molecular formula is C14H14BrFN4O. The van der Waals surface area contributed by atoms with Crippen LogP contribution in [-0.4, -0.2) is 16.0 Å². The summed E-state index contributed by atoms with van der Waals surface area (Å²) in [6.45, 7) is 2.23. The lowest BCUT2D eigenvalue weighted by Crippen LogP contribution is -2.18. The lowest BCUT2D eigenvalue weighted by molar-refractivity contribution is 0.318. The van der Waals surface area contributed by atoms with Gasteiger partial charge in [-0.3, -0.25) is 4.98 Å². The highest BCUT2D eigenvalue weighted by molar-refractivity contribution is 9.10. The van der Waals surface area contributed by atoms with Crippen LogP contribution in [0.2, 0.25) is 0 Å². The lowest BCUT2D eigenvalue weighted by Gasteiger charge is -2.12. The molecule has 5 nitrogen and oxygen atoms in total. The Hall–Kier alpha value is -2.15. The number of oxime groups is 1. The van der Waals surface area contributed by atoms with Gasteiger partial charge in [0, 0.05) is 24.0 Å². The molecule has 0 aliphatic heterocycles. The highest BCUT2D eigenvalue weighted by Crippen LogP contribution is 2.24. The molecule has 21 heavy (non-hydrogen) atoms. The molecule has 0 spiro atoms. The summed E-state index contributed by atoms with van der Waals surface area (Å²) in [6, 6.07) is 6.70. The molecule has 0 radical (unpaired) electrons. The van der Waals surface area contributed by atoms with Gasteiger partial charge in [0.1, 0.15) is 11.5 Å². The smallest absolute Gasteiger partial charge is 0.189 e. The van der Waals surface area contributed by atoms with Crippen molar-refractivity contribution in [2.45, 2.75) is 13.5 Å². The minimum atomic E-state index is -0.309. The van der Waals surface area contributed by atoms with Crippen LogP contribution < -0.4 is 11.1 Å². The van der Waals surface area contributed by atoms with Crippen molar-refractivity contribution < 1.29 is 9.60 Å². The summed E-state index contributed by atoms with van der Waals surface area (Å²) >= 11 is 3.16. The Morgan fingerprint density at radius 3 is 3.00 bits per heavy atom. The van der Waals surface area contributed by atoms with E-state index in [1.807, 2.05) is 13.0 Å². The second-order valence-corrected chi connectivity index (χ2v) is 5.29. The Morgan fingerprint density at radius 1 is 1.52 bits per heavy atom. The van der Waals surface area contributed by atoms with E-state index >= 15 is 0 Å². The van der Waals surface area contributed by atoms with Gasteiger partial charge in [-0.05, 0) is 46.6 Å². The summed E-state index contributed by atoms with van der Waals surface area (Å²) < 4.78 is 13.8. The topological polar surface area (TPSA) is 83.5 Å². The summed E-state index contributed by atoms with van der Waals surface area (Å²) in [5, 5.41) is 14.9. The first-order valence-electron chi connectivity index (χ1n) is 6.14. The molecule has 0 amide bonds. The monoisotopic (exact) mass is 352 g/mol. The highest BCUT2D eigenvalue weighted by atomic mass is 79.9. The average molecular weight is 353 g/mol. The number of pyridine rings is 1. The van der Waals surface area contributed by atoms with Gasteiger partial charge in [-0.25, -0.2) is 4.39 Å². The first-order chi connectivity index (χ1) is 10.0. The van der Waals surface area contributed by atoms with Crippen molar-refractivity contribution >= 4 is 27.5 Å². The molecule has 2 aromatic rings. The molecule has 4 N–H and O–H groups in total. The van der Waals surface area contributed by atoms with E-state index in [1.165, 1.54) is 6.07 Å². The molecule has 1 aromatic carbocycles. The zero-order valence-electron chi connectivity index (χ0n) is 11.3. The Balaban J connectivity index is 2.23. The molecular weight excluding hydrogens is 339 g/mol. The summed E-state index contributed by atoms with van der Waals surface area (Å²) in [4.78, 5) is 4.09. The van der Waals surface area contributed by atoms with Crippen molar-refractivity contribution in [2.24, 2.45) is 10.9 Å². The van der Waals surface area contributed by atoms with E-state index in [2.05, 4.69) is 31.4 Å². The van der Waals surface area contributed by atoms with Gasteiger partial charge in [0.2, 0.25) is 0 Å². The Bertz CT molecular complexity index is 691. The number of nitrogens with two attached hydrogens (primary N) is 1. The number of hydrogen-bond donors (Lipinski definition) is 3. The predicted molar refractivity (Wildman–Crippen MR) is 82.9 cm³/mol. The summed E-state index contributed by atoms with van der Waals surface area (Å²) in [6.07, 6.45) is 1.57. The minimum Gasteiger partial charge on any atom is -0.409 e. The third-order valence-corrected chi connectivity index (χ3v) is 3.59. The van der Waals surface area contributed by atoms with E-state index < -0.39 is 0 Å². The number of hydrogen-bond acceptors (Lipinski definition) is 4. The van der Waals surface area contributed by atoms with Crippen molar-refractivity contribution in [3.8, 4) is 0 Å². The van der Waals surface area contributed by atoms with Crippen molar-refractivity contribution in [3.05, 3.63) is 57.6 Å². The number of aryl methyl sites for hydroxylation is 1. The van der Waals surface area contributed by atoms with Gasteiger partial charge in [0.05, 0.1) is 4.47 Å². The number of benzene rings is 1. The number of anilines is 1. The molecule has 1 heterocycles. The molecule has 0 fully saturated rings. The largest absolute Gasteiger partial charge is 0.409 e. The van der Waals surface area contributed by atoms with Crippen molar-refractivity contribution in [1.82, 2.24) is 4.98 Å². The third kappa shape index (κ3) is 3.49. The number of nitrogens with one attached hydrogen (secondary N) is 1. The maximum Gasteiger partial charge on any atom is 0.189 e. The Morgan fingerprint density at radius 2 is 2.29 bits per heavy atom. The van der Waals surface area contributed by atoms with Crippen LogP contribution in [0.25, 0.3) is 0 Å². The van der Waals surface area contributed by atoms with Crippen molar-refractivity contribution in [2.75, 3.05) is 5.32 Å². The first-order valence-corrected chi connectivity index (χ1v) is 6.93. The predicted octanol–water partition coefficient (Wildman–Crippen LogP) is 3.00. The number of halogens is 2. The standard InChI is InChI=1S/C14H14BrFN4O/c1-8-5-11(16)10(15)6-12(8)19-7-9-3-2-4-18-13(9)14(17)20-21/h2-6,19,21H,7H2,1H3,(H2,17,20). The van der Waals surface area contributed by atoms with Gasteiger partial charge in [-0.15, -0.1) is 0 Å². The van der Waals surface area contributed by atoms with E-state index in [4.69, 9.17) is 10.9 Å². The lowest BCUT2D eigenvalue weighted by atomic mass is 10.1. The number of nitrogens with zero attached hydrogens (tertiary/aromatic N) is 2. The average Bonchev–Trinajstić information content (AvgIpc) is 2.49. The van der Waals surface area contributed by atoms with E-state index in [9.17, 15) is 4.39 Å². The van der Waals surface area contributed by atoms with Gasteiger partial charge in [-0.1, -0.05) is 11.2 Å². The van der Waals surface area contributed by atoms with Crippen LogP contribution in [0.4, 0.5) is 10.1 Å². The number of aromatic nitrogens is 1. The van der Waals surface area contributed by atoms with E-state index in [-0.39, 0.29) is 11.7 Å². The van der Waals surface area contributed by atoms with Gasteiger partial charge in [-0.2, -0.15) is 0 Å². The van der Waals surface area contributed by atoms with Crippen LogP contribution in [0.15, 0.2) is 40.1 Å². The zero-order valence-corrected chi connectivity index (χ0v) is 12.9. The molecule has 0 saturated carbocycles. The fourth-order valence-electron chi connectivity index (χ4n) is 1.89. The summed E-state index contributed by atoms with van der Waals surface area (Å²) in [7, 11) is 0. The van der Waals surface area contributed by atoms with Crippen LogP contribution in [-0.2, 0) is 6.54 Å². The van der Waals surface area contributed by atoms with Crippen LogP contribution >= 0.6 is 15.9 Å². The van der Waals surface area contributed by atoms with Crippen LogP contribution in [0.5, 0.6) is 0 Å². The van der Waals surface area contributed by atoms with Crippen molar-refractivity contribution in [1.29, 1.82) is 0 Å². The maximum absolute atomic E-state index is 13.4. The van der Waals surface area contributed by atoms with Crippen LogP contribution in [0.1, 0.15) is 16.8 Å². The van der Waals surface area contributed by atoms with Crippen molar-refractivity contribution in [3.63, 3.8) is 0 Å². The molecule has 2 rings (SSSR count). The van der Waals surface area contributed by atoms with Gasteiger partial charge >= 0.3 is 0 Å². The Labute approximate surface area is 129 Å². The fraction of sp³-hybridized carbons (Fsp3) is 0.143. The molecule has 0 unspecified atom stereocenters. The van der Waals surface area contributed by atoms with Gasteiger partial charge < -0.3 is 16.3 Å². The molecule has 0 atom stereocenters. The molecule has 110 valence electrons. The molecule has 0 aliphatic carbocycles. The molecule has 7 heteroatoms. The highest BCUT2D eigenvalue weighted by Gasteiger charge is 2.09. The van der Waals surface area contributed by atoms with E-state index in [0.29, 0.717) is 16.7 Å². The second-order valence-electron chi connectivity index (χ2n) is 4.43. The zero-order chi connectivity index (χ0) is 15.4. The van der Waals surface area contributed by atoms with Gasteiger partial charge in [0.25, 0.3) is 0 Å². The quantitative estimate of drug-likeness (QED) is 0.342. The molecule has 0 bridgehead atoms. The SMILES string of the molecule is Cc1cc(F)c(Br)cc1NCc1cccnc1/C(N)=N/O. The summed E-state index contributed by atoms with van der Waals surface area (Å²) in [5.74, 6) is -0.360. The van der Waals surface area contributed by atoms with E-state index in [1.54, 1.807) is 18.3 Å².